The summed E-state index contributed by atoms with van der Waals surface area (Å²) < 4.78 is 5.69. The Labute approximate surface area is 142 Å². The quantitative estimate of drug-likeness (QED) is 0.830. The summed E-state index contributed by atoms with van der Waals surface area (Å²) in [5, 5.41) is 3.62. The van der Waals surface area contributed by atoms with E-state index >= 15 is 0 Å². The van der Waals surface area contributed by atoms with Gasteiger partial charge in [-0.3, -0.25) is 4.79 Å². The van der Waals surface area contributed by atoms with Crippen molar-refractivity contribution in [1.29, 1.82) is 0 Å². The summed E-state index contributed by atoms with van der Waals surface area (Å²) in [6.45, 7) is 5.00. The first kappa shape index (κ1) is 17.4. The molecule has 4 heteroatoms. The van der Waals surface area contributed by atoms with Crippen LogP contribution < -0.4 is 10.1 Å². The largest absolute Gasteiger partial charge is 0.493 e. The third-order valence-electron chi connectivity index (χ3n) is 3.56. The van der Waals surface area contributed by atoms with Crippen LogP contribution in [0.1, 0.15) is 23.1 Å². The fraction of sp³-hybridized carbons (Fsp3) is 0.316. The number of aryl methyl sites for hydroxylation is 2. The van der Waals surface area contributed by atoms with Crippen LogP contribution in [0.5, 0.6) is 5.75 Å². The molecule has 2 rings (SSSR count). The molecule has 0 aromatic heterocycles. The molecule has 0 heterocycles. The molecule has 23 heavy (non-hydrogen) atoms. The lowest BCUT2D eigenvalue weighted by Gasteiger charge is -2.10. The van der Waals surface area contributed by atoms with E-state index in [1.165, 1.54) is 0 Å². The molecule has 122 valence electrons. The fourth-order valence-corrected chi connectivity index (χ4v) is 2.46. The van der Waals surface area contributed by atoms with Gasteiger partial charge >= 0.3 is 0 Å². The SMILES string of the molecule is Cc1ccc(C)c(OCCC(=O)NCCc2cccc(Cl)c2)c1. The Bertz CT molecular complexity index is 670. The lowest BCUT2D eigenvalue weighted by atomic mass is 10.1. The van der Waals surface area contributed by atoms with Gasteiger partial charge in [0.05, 0.1) is 13.0 Å². The maximum absolute atomic E-state index is 11.8. The summed E-state index contributed by atoms with van der Waals surface area (Å²) in [6.07, 6.45) is 1.12. The average molecular weight is 332 g/mol. The zero-order valence-corrected chi connectivity index (χ0v) is 14.3. The standard InChI is InChI=1S/C19H22ClNO2/c1-14-6-7-15(2)18(12-14)23-11-9-19(22)21-10-8-16-4-3-5-17(20)13-16/h3-7,12-13H,8-11H2,1-2H3,(H,21,22). The van der Waals surface area contributed by atoms with Crippen LogP contribution in [0.4, 0.5) is 0 Å². The third-order valence-corrected chi connectivity index (χ3v) is 3.79. The van der Waals surface area contributed by atoms with E-state index in [0.29, 0.717) is 19.6 Å². The van der Waals surface area contributed by atoms with E-state index in [4.69, 9.17) is 16.3 Å². The maximum atomic E-state index is 11.8. The Morgan fingerprint density at radius 3 is 2.78 bits per heavy atom. The number of carbonyl (C=O) groups excluding carboxylic acids is 1. The molecular formula is C19H22ClNO2. The molecule has 3 nitrogen and oxygen atoms in total. The van der Waals surface area contributed by atoms with Crippen molar-refractivity contribution in [3.8, 4) is 5.75 Å². The van der Waals surface area contributed by atoms with Crippen LogP contribution in [0.3, 0.4) is 0 Å². The van der Waals surface area contributed by atoms with Crippen LogP contribution in [0.25, 0.3) is 0 Å². The highest BCUT2D eigenvalue weighted by atomic mass is 35.5. The number of amides is 1. The van der Waals surface area contributed by atoms with Crippen molar-refractivity contribution in [2.24, 2.45) is 0 Å². The summed E-state index contributed by atoms with van der Waals surface area (Å²) in [5.74, 6) is 0.842. The summed E-state index contributed by atoms with van der Waals surface area (Å²) in [6, 6.07) is 13.7. The zero-order valence-electron chi connectivity index (χ0n) is 13.6. The number of hydrogen-bond acceptors (Lipinski definition) is 2. The second-order valence-electron chi connectivity index (χ2n) is 5.60. The minimum atomic E-state index is -0.00247. The van der Waals surface area contributed by atoms with Gasteiger partial charge in [0.2, 0.25) is 5.91 Å². The lowest BCUT2D eigenvalue weighted by molar-refractivity contribution is -0.121. The number of nitrogens with one attached hydrogen (secondary N) is 1. The molecule has 0 saturated heterocycles. The van der Waals surface area contributed by atoms with E-state index in [-0.39, 0.29) is 5.91 Å². The van der Waals surface area contributed by atoms with Crippen LogP contribution >= 0.6 is 11.6 Å². The van der Waals surface area contributed by atoms with Gasteiger partial charge in [0.1, 0.15) is 5.75 Å². The molecule has 0 aliphatic carbocycles. The van der Waals surface area contributed by atoms with Crippen molar-refractivity contribution in [1.82, 2.24) is 5.32 Å². The van der Waals surface area contributed by atoms with Crippen molar-refractivity contribution in [3.63, 3.8) is 0 Å². The summed E-state index contributed by atoms with van der Waals surface area (Å²) >= 11 is 5.93. The van der Waals surface area contributed by atoms with Crippen LogP contribution in [-0.4, -0.2) is 19.1 Å². The molecule has 0 aliphatic heterocycles. The van der Waals surface area contributed by atoms with E-state index < -0.39 is 0 Å². The van der Waals surface area contributed by atoms with Crippen LogP contribution in [0, 0.1) is 13.8 Å². The fourth-order valence-electron chi connectivity index (χ4n) is 2.24. The molecule has 0 saturated carbocycles. The monoisotopic (exact) mass is 331 g/mol. The van der Waals surface area contributed by atoms with E-state index in [0.717, 1.165) is 33.9 Å². The van der Waals surface area contributed by atoms with Crippen molar-refractivity contribution < 1.29 is 9.53 Å². The molecule has 0 unspecified atom stereocenters. The van der Waals surface area contributed by atoms with Gasteiger partial charge in [-0.2, -0.15) is 0 Å². The van der Waals surface area contributed by atoms with Crippen LogP contribution in [-0.2, 0) is 11.2 Å². The van der Waals surface area contributed by atoms with Gasteiger partial charge in [-0.1, -0.05) is 35.9 Å². The van der Waals surface area contributed by atoms with Crippen LogP contribution in [0.15, 0.2) is 42.5 Å². The number of hydrogen-bond donors (Lipinski definition) is 1. The van der Waals surface area contributed by atoms with Gasteiger partial charge < -0.3 is 10.1 Å². The summed E-state index contributed by atoms with van der Waals surface area (Å²) in [7, 11) is 0. The maximum Gasteiger partial charge on any atom is 0.223 e. The van der Waals surface area contributed by atoms with Crippen LogP contribution in [0.2, 0.25) is 5.02 Å². The number of ether oxygens (including phenoxy) is 1. The smallest absolute Gasteiger partial charge is 0.223 e. The number of benzene rings is 2. The second kappa shape index (κ2) is 8.59. The topological polar surface area (TPSA) is 38.3 Å². The molecule has 0 spiro atoms. The Morgan fingerprint density at radius 2 is 2.00 bits per heavy atom. The van der Waals surface area contributed by atoms with Gasteiger partial charge in [0.15, 0.2) is 0 Å². The Hall–Kier alpha value is -2.00. The summed E-state index contributed by atoms with van der Waals surface area (Å²) in [4.78, 5) is 11.8. The number of halogens is 1. The van der Waals surface area contributed by atoms with Gasteiger partial charge in [-0.15, -0.1) is 0 Å². The van der Waals surface area contributed by atoms with Gasteiger partial charge in [0.25, 0.3) is 0 Å². The molecule has 2 aromatic carbocycles. The molecule has 0 radical (unpaired) electrons. The minimum absolute atomic E-state index is 0.00247. The van der Waals surface area contributed by atoms with E-state index in [9.17, 15) is 4.79 Å². The first-order chi connectivity index (χ1) is 11.0. The highest BCUT2D eigenvalue weighted by molar-refractivity contribution is 6.30. The van der Waals surface area contributed by atoms with Crippen molar-refractivity contribution in [2.45, 2.75) is 26.7 Å². The molecule has 1 N–H and O–H groups in total. The molecule has 2 aromatic rings. The van der Waals surface area contributed by atoms with Gasteiger partial charge in [0, 0.05) is 11.6 Å². The third kappa shape index (κ3) is 5.95. The normalized spacial score (nSPS) is 10.4. The Morgan fingerprint density at radius 1 is 1.17 bits per heavy atom. The molecule has 0 bridgehead atoms. The average Bonchev–Trinajstić information content (AvgIpc) is 2.51. The van der Waals surface area contributed by atoms with E-state index in [1.807, 2.05) is 56.3 Å². The van der Waals surface area contributed by atoms with Crippen molar-refractivity contribution >= 4 is 17.5 Å². The Balaban J connectivity index is 1.68. The minimum Gasteiger partial charge on any atom is -0.493 e. The predicted octanol–water partition coefficient (Wildman–Crippen LogP) is 4.08. The lowest BCUT2D eigenvalue weighted by Crippen LogP contribution is -2.27. The molecule has 1 amide bonds. The molecule has 0 aliphatic rings. The number of rotatable bonds is 7. The van der Waals surface area contributed by atoms with Gasteiger partial charge in [-0.25, -0.2) is 0 Å². The van der Waals surface area contributed by atoms with Crippen molar-refractivity contribution in [3.05, 3.63) is 64.2 Å². The van der Waals surface area contributed by atoms with Gasteiger partial charge in [-0.05, 0) is 55.2 Å². The first-order valence-electron chi connectivity index (χ1n) is 7.76. The molecular weight excluding hydrogens is 310 g/mol. The molecule has 0 fully saturated rings. The first-order valence-corrected chi connectivity index (χ1v) is 8.13. The van der Waals surface area contributed by atoms with Crippen molar-refractivity contribution in [2.75, 3.05) is 13.2 Å². The second-order valence-corrected chi connectivity index (χ2v) is 6.03. The number of carbonyl (C=O) groups is 1. The summed E-state index contributed by atoms with van der Waals surface area (Å²) in [5.41, 5.74) is 3.35. The zero-order chi connectivity index (χ0) is 16.7. The highest BCUT2D eigenvalue weighted by Crippen LogP contribution is 2.19. The Kier molecular flexibility index (Phi) is 6.48. The predicted molar refractivity (Wildman–Crippen MR) is 94.2 cm³/mol. The van der Waals surface area contributed by atoms with E-state index in [1.54, 1.807) is 0 Å². The molecule has 0 atom stereocenters. The van der Waals surface area contributed by atoms with E-state index in [2.05, 4.69) is 5.32 Å². The highest BCUT2D eigenvalue weighted by Gasteiger charge is 2.04.